The van der Waals surface area contributed by atoms with Crippen LogP contribution in [-0.2, 0) is 0 Å². The summed E-state index contributed by atoms with van der Waals surface area (Å²) in [6.07, 6.45) is 8.01. The van der Waals surface area contributed by atoms with Crippen molar-refractivity contribution in [2.75, 3.05) is 11.9 Å². The van der Waals surface area contributed by atoms with Crippen LogP contribution in [-0.4, -0.2) is 6.54 Å². The lowest BCUT2D eigenvalue weighted by Crippen LogP contribution is -2.13. The predicted molar refractivity (Wildman–Crippen MR) is 71.1 cm³/mol. The predicted octanol–water partition coefficient (Wildman–Crippen LogP) is 4.86. The van der Waals surface area contributed by atoms with Crippen LogP contribution < -0.4 is 5.32 Å². The van der Waals surface area contributed by atoms with E-state index < -0.39 is 0 Å². The van der Waals surface area contributed by atoms with E-state index in [2.05, 4.69) is 5.32 Å². The number of nitrogens with one attached hydrogen (secondary N) is 1. The monoisotopic (exact) mass is 255 g/mol. The van der Waals surface area contributed by atoms with Gasteiger partial charge in [-0.3, -0.25) is 0 Å². The summed E-state index contributed by atoms with van der Waals surface area (Å²) in [7, 11) is 0. The largest absolute Gasteiger partial charge is 0.384 e. The number of anilines is 1. The molecular formula is C14H19ClFN. The lowest BCUT2D eigenvalue weighted by molar-refractivity contribution is 0.483. The summed E-state index contributed by atoms with van der Waals surface area (Å²) in [5.41, 5.74) is 0.845. The van der Waals surface area contributed by atoms with Crippen LogP contribution in [0.1, 0.15) is 38.5 Å². The van der Waals surface area contributed by atoms with E-state index in [1.54, 1.807) is 6.07 Å². The van der Waals surface area contributed by atoms with E-state index in [1.807, 2.05) is 0 Å². The van der Waals surface area contributed by atoms with Crippen LogP contribution in [0.4, 0.5) is 10.1 Å². The maximum absolute atomic E-state index is 12.9. The third-order valence-electron chi connectivity index (χ3n) is 3.49. The Bertz CT molecular complexity index is 359. The first-order chi connectivity index (χ1) is 8.25. The summed E-state index contributed by atoms with van der Waals surface area (Å²) >= 11 is 5.98. The van der Waals surface area contributed by atoms with Crippen molar-refractivity contribution in [1.29, 1.82) is 0 Å². The molecule has 0 heterocycles. The highest BCUT2D eigenvalue weighted by atomic mass is 35.5. The zero-order valence-corrected chi connectivity index (χ0v) is 10.8. The Morgan fingerprint density at radius 3 is 2.53 bits per heavy atom. The number of hydrogen-bond acceptors (Lipinski definition) is 1. The molecule has 94 valence electrons. The molecule has 0 aromatic heterocycles. The topological polar surface area (TPSA) is 12.0 Å². The quantitative estimate of drug-likeness (QED) is 0.761. The van der Waals surface area contributed by atoms with Gasteiger partial charge in [-0.2, -0.15) is 0 Å². The van der Waals surface area contributed by atoms with Gasteiger partial charge >= 0.3 is 0 Å². The Morgan fingerprint density at radius 1 is 1.18 bits per heavy atom. The minimum Gasteiger partial charge on any atom is -0.384 e. The van der Waals surface area contributed by atoms with E-state index in [-0.39, 0.29) is 5.82 Å². The molecule has 1 nitrogen and oxygen atoms in total. The molecule has 0 amide bonds. The summed E-state index contributed by atoms with van der Waals surface area (Å²) in [5.74, 6) is 0.452. The van der Waals surface area contributed by atoms with Crippen molar-refractivity contribution in [3.63, 3.8) is 0 Å². The Kier molecular flexibility index (Phi) is 4.66. The molecule has 0 aliphatic heterocycles. The van der Waals surface area contributed by atoms with Crippen molar-refractivity contribution in [2.45, 2.75) is 38.5 Å². The minimum atomic E-state index is -0.282. The summed E-state index contributed by atoms with van der Waals surface area (Å²) < 4.78 is 12.9. The van der Waals surface area contributed by atoms with Gasteiger partial charge in [-0.15, -0.1) is 0 Å². The summed E-state index contributed by atoms with van der Waals surface area (Å²) in [5, 5.41) is 3.81. The standard InChI is InChI=1S/C14H19ClFN/c15-13-9-12(16)7-8-14(13)17-10-11-5-3-1-2-4-6-11/h7-9,11,17H,1-6,10H2. The molecule has 0 radical (unpaired) electrons. The molecule has 0 saturated heterocycles. The first-order valence-corrected chi connectivity index (χ1v) is 6.82. The highest BCUT2D eigenvalue weighted by Gasteiger charge is 2.12. The Balaban J connectivity index is 1.88. The van der Waals surface area contributed by atoms with Gasteiger partial charge in [0.15, 0.2) is 0 Å². The fourth-order valence-corrected chi connectivity index (χ4v) is 2.69. The van der Waals surface area contributed by atoms with Crippen LogP contribution in [0.15, 0.2) is 18.2 Å². The molecule has 0 atom stereocenters. The van der Waals surface area contributed by atoms with Crippen LogP contribution in [0.5, 0.6) is 0 Å². The smallest absolute Gasteiger partial charge is 0.124 e. The molecular weight excluding hydrogens is 237 g/mol. The Morgan fingerprint density at radius 2 is 1.88 bits per heavy atom. The van der Waals surface area contributed by atoms with Crippen LogP contribution in [0.2, 0.25) is 5.02 Å². The molecule has 1 N–H and O–H groups in total. The molecule has 0 unspecified atom stereocenters. The second kappa shape index (κ2) is 6.25. The minimum absolute atomic E-state index is 0.282. The molecule has 17 heavy (non-hydrogen) atoms. The van der Waals surface area contributed by atoms with Gasteiger partial charge in [-0.25, -0.2) is 4.39 Å². The van der Waals surface area contributed by atoms with Crippen LogP contribution in [0.25, 0.3) is 0 Å². The number of rotatable bonds is 3. The van der Waals surface area contributed by atoms with E-state index in [0.717, 1.165) is 18.2 Å². The number of halogens is 2. The lowest BCUT2D eigenvalue weighted by atomic mass is 10.0. The number of hydrogen-bond donors (Lipinski definition) is 1. The molecule has 1 saturated carbocycles. The molecule has 0 bridgehead atoms. The Hall–Kier alpha value is -0.760. The highest BCUT2D eigenvalue weighted by Crippen LogP contribution is 2.26. The van der Waals surface area contributed by atoms with Gasteiger partial charge in [0.1, 0.15) is 5.82 Å². The van der Waals surface area contributed by atoms with Crippen LogP contribution in [0, 0.1) is 11.7 Å². The molecule has 1 aliphatic carbocycles. The van der Waals surface area contributed by atoms with Gasteiger partial charge < -0.3 is 5.32 Å². The normalized spacial score (nSPS) is 17.8. The second-order valence-corrected chi connectivity index (χ2v) is 5.27. The maximum atomic E-state index is 12.9. The third-order valence-corrected chi connectivity index (χ3v) is 3.80. The van der Waals surface area contributed by atoms with Gasteiger partial charge in [0.25, 0.3) is 0 Å². The second-order valence-electron chi connectivity index (χ2n) is 4.86. The van der Waals surface area contributed by atoms with Crippen molar-refractivity contribution in [3.05, 3.63) is 29.0 Å². The fraction of sp³-hybridized carbons (Fsp3) is 0.571. The molecule has 1 aromatic carbocycles. The van der Waals surface area contributed by atoms with Crippen molar-refractivity contribution in [2.24, 2.45) is 5.92 Å². The molecule has 0 spiro atoms. The van der Waals surface area contributed by atoms with Crippen molar-refractivity contribution >= 4 is 17.3 Å². The zero-order chi connectivity index (χ0) is 12.1. The average molecular weight is 256 g/mol. The molecule has 3 heteroatoms. The van der Waals surface area contributed by atoms with Crippen LogP contribution >= 0.6 is 11.6 Å². The first kappa shape index (κ1) is 12.7. The van der Waals surface area contributed by atoms with E-state index in [1.165, 1.54) is 50.7 Å². The van der Waals surface area contributed by atoms with Gasteiger partial charge in [-0.05, 0) is 37.0 Å². The van der Waals surface area contributed by atoms with E-state index in [4.69, 9.17) is 11.6 Å². The van der Waals surface area contributed by atoms with Crippen molar-refractivity contribution in [3.8, 4) is 0 Å². The van der Waals surface area contributed by atoms with Crippen LogP contribution in [0.3, 0.4) is 0 Å². The van der Waals surface area contributed by atoms with Gasteiger partial charge in [0.05, 0.1) is 10.7 Å². The third kappa shape index (κ3) is 3.88. The highest BCUT2D eigenvalue weighted by molar-refractivity contribution is 6.33. The molecule has 2 rings (SSSR count). The van der Waals surface area contributed by atoms with Gasteiger partial charge in [0.2, 0.25) is 0 Å². The summed E-state index contributed by atoms with van der Waals surface area (Å²) in [6.45, 7) is 0.950. The SMILES string of the molecule is Fc1ccc(NCC2CCCCCC2)c(Cl)c1. The molecule has 1 aliphatic rings. The first-order valence-electron chi connectivity index (χ1n) is 6.44. The fourth-order valence-electron chi connectivity index (χ4n) is 2.46. The van der Waals surface area contributed by atoms with E-state index >= 15 is 0 Å². The molecule has 1 fully saturated rings. The van der Waals surface area contributed by atoms with Gasteiger partial charge in [0, 0.05) is 6.54 Å². The lowest BCUT2D eigenvalue weighted by Gasteiger charge is -2.16. The molecule has 1 aromatic rings. The van der Waals surface area contributed by atoms with E-state index in [9.17, 15) is 4.39 Å². The van der Waals surface area contributed by atoms with E-state index in [0.29, 0.717) is 5.02 Å². The summed E-state index contributed by atoms with van der Waals surface area (Å²) in [4.78, 5) is 0. The van der Waals surface area contributed by atoms with Crippen molar-refractivity contribution < 1.29 is 4.39 Å². The number of benzene rings is 1. The maximum Gasteiger partial charge on any atom is 0.124 e. The van der Waals surface area contributed by atoms with Crippen molar-refractivity contribution in [1.82, 2.24) is 0 Å². The summed E-state index contributed by atoms with van der Waals surface area (Å²) in [6, 6.07) is 4.52. The van der Waals surface area contributed by atoms with Gasteiger partial charge in [-0.1, -0.05) is 37.3 Å². The average Bonchev–Trinajstić information content (AvgIpc) is 2.56. The zero-order valence-electron chi connectivity index (χ0n) is 10.0. The Labute approximate surface area is 107 Å².